The summed E-state index contributed by atoms with van der Waals surface area (Å²) in [6, 6.07) is 5.24. The molecule has 0 bridgehead atoms. The van der Waals surface area contributed by atoms with Crippen LogP contribution in [0.4, 0.5) is 13.2 Å². The Morgan fingerprint density at radius 3 is 2.08 bits per heavy atom. The number of amides is 3. The summed E-state index contributed by atoms with van der Waals surface area (Å²) in [6.07, 6.45) is -4.27. The normalized spacial score (nSPS) is 15.4. The lowest BCUT2D eigenvalue weighted by Gasteiger charge is -2.40. The Labute approximate surface area is 208 Å². The van der Waals surface area contributed by atoms with Gasteiger partial charge in [0, 0.05) is 24.2 Å². The molecule has 0 radical (unpaired) electrons. The fourth-order valence-electron chi connectivity index (χ4n) is 3.21. The van der Waals surface area contributed by atoms with E-state index in [0.717, 1.165) is 0 Å². The van der Waals surface area contributed by atoms with Crippen molar-refractivity contribution < 1.29 is 47.4 Å². The fraction of sp³-hybridized carbons (Fsp3) is 0.429. The standard InChI is InChI=1S/C19H26N6O5.C2HF3O2/c20-7-1-2-14-19(30)24(11-16(27)28)8-9-25(14)15(26)10-23-18(29)13-5-3-12(4-6-13)17(21)22;3-2(4,5)1(6)7/h3-6,14H,1-2,7-11,20H2,(H3,21,22)(H,23,29)(H,27,28);(H,6,7)/t14-;/m0./s1. The molecule has 2 rings (SSSR count). The minimum Gasteiger partial charge on any atom is -0.480 e. The number of nitrogens with one attached hydrogen (secondary N) is 2. The van der Waals surface area contributed by atoms with Gasteiger partial charge in [-0.15, -0.1) is 0 Å². The number of carbonyl (C=O) groups is 5. The highest BCUT2D eigenvalue weighted by Crippen LogP contribution is 2.16. The first-order valence-electron chi connectivity index (χ1n) is 10.7. The first kappa shape index (κ1) is 30.8. The van der Waals surface area contributed by atoms with Crippen LogP contribution in [-0.2, 0) is 19.2 Å². The van der Waals surface area contributed by atoms with Gasteiger partial charge in [-0.25, -0.2) is 4.79 Å². The molecule has 0 unspecified atom stereocenters. The van der Waals surface area contributed by atoms with Crippen molar-refractivity contribution >= 4 is 35.5 Å². The molecule has 1 aliphatic heterocycles. The molecule has 1 fully saturated rings. The third-order valence-electron chi connectivity index (χ3n) is 5.01. The second-order valence-corrected chi connectivity index (χ2v) is 7.66. The smallest absolute Gasteiger partial charge is 0.480 e. The Morgan fingerprint density at radius 1 is 1.08 bits per heavy atom. The molecule has 0 saturated carbocycles. The summed E-state index contributed by atoms with van der Waals surface area (Å²) in [5, 5.41) is 26.0. The van der Waals surface area contributed by atoms with Crippen LogP contribution in [-0.4, -0.2) is 100 Å². The van der Waals surface area contributed by atoms with Gasteiger partial charge in [0.05, 0.1) is 6.54 Å². The first-order valence-corrected chi connectivity index (χ1v) is 10.7. The van der Waals surface area contributed by atoms with Crippen molar-refractivity contribution in [3.63, 3.8) is 0 Å². The molecule has 8 N–H and O–H groups in total. The molecule has 13 nitrogen and oxygen atoms in total. The van der Waals surface area contributed by atoms with Gasteiger partial charge in [0.15, 0.2) is 0 Å². The number of halogens is 3. The van der Waals surface area contributed by atoms with E-state index in [-0.39, 0.29) is 25.5 Å². The molecule has 0 aromatic heterocycles. The maximum absolute atomic E-state index is 12.7. The van der Waals surface area contributed by atoms with E-state index in [4.69, 9.17) is 31.9 Å². The molecule has 37 heavy (non-hydrogen) atoms. The Hall–Kier alpha value is -4.21. The largest absolute Gasteiger partial charge is 0.490 e. The van der Waals surface area contributed by atoms with Gasteiger partial charge in [-0.2, -0.15) is 13.2 Å². The van der Waals surface area contributed by atoms with Crippen LogP contribution in [0.1, 0.15) is 28.8 Å². The fourth-order valence-corrected chi connectivity index (χ4v) is 3.21. The van der Waals surface area contributed by atoms with Crippen LogP contribution in [0.2, 0.25) is 0 Å². The third-order valence-corrected chi connectivity index (χ3v) is 5.01. The van der Waals surface area contributed by atoms with E-state index in [1.165, 1.54) is 34.1 Å². The molecule has 1 heterocycles. The number of nitrogens with zero attached hydrogens (tertiary/aromatic N) is 2. The summed E-state index contributed by atoms with van der Waals surface area (Å²) in [4.78, 5) is 60.0. The first-order chi connectivity index (χ1) is 17.2. The molecule has 1 aliphatic rings. The molecule has 1 saturated heterocycles. The lowest BCUT2D eigenvalue weighted by Crippen LogP contribution is -2.60. The van der Waals surface area contributed by atoms with Gasteiger partial charge in [-0.1, -0.05) is 12.1 Å². The maximum Gasteiger partial charge on any atom is 0.490 e. The average molecular weight is 532 g/mol. The number of aliphatic carboxylic acids is 2. The van der Waals surface area contributed by atoms with Gasteiger partial charge >= 0.3 is 18.1 Å². The lowest BCUT2D eigenvalue weighted by molar-refractivity contribution is -0.192. The summed E-state index contributed by atoms with van der Waals surface area (Å²) >= 11 is 0. The van der Waals surface area contributed by atoms with Crippen LogP contribution in [0.3, 0.4) is 0 Å². The van der Waals surface area contributed by atoms with Crippen molar-refractivity contribution in [2.45, 2.75) is 25.1 Å². The number of hydrogen-bond donors (Lipinski definition) is 6. The van der Waals surface area contributed by atoms with Gasteiger partial charge in [-0.3, -0.25) is 24.6 Å². The van der Waals surface area contributed by atoms with Crippen LogP contribution in [0, 0.1) is 5.41 Å². The minimum atomic E-state index is -5.08. The number of carboxylic acid groups (broad SMARTS) is 2. The molecular formula is C21H27F3N6O7. The number of hydrogen-bond acceptors (Lipinski definition) is 7. The third kappa shape index (κ3) is 9.75. The van der Waals surface area contributed by atoms with Crippen LogP contribution in [0.25, 0.3) is 0 Å². The molecule has 1 aromatic carbocycles. The monoisotopic (exact) mass is 532 g/mol. The second kappa shape index (κ2) is 13.8. The molecule has 1 aromatic rings. The number of nitrogen functional groups attached to an aromatic ring is 1. The predicted octanol–water partition coefficient (Wildman–Crippen LogP) is -0.803. The van der Waals surface area contributed by atoms with E-state index in [2.05, 4.69) is 5.32 Å². The van der Waals surface area contributed by atoms with Crippen molar-refractivity contribution in [1.29, 1.82) is 5.41 Å². The highest BCUT2D eigenvalue weighted by molar-refractivity contribution is 5.99. The van der Waals surface area contributed by atoms with Crippen molar-refractivity contribution in [3.05, 3.63) is 35.4 Å². The van der Waals surface area contributed by atoms with Crippen LogP contribution in [0.15, 0.2) is 24.3 Å². The van der Waals surface area contributed by atoms with E-state index >= 15 is 0 Å². The van der Waals surface area contributed by atoms with Crippen LogP contribution in [0.5, 0.6) is 0 Å². The number of nitrogens with two attached hydrogens (primary N) is 2. The number of piperazine rings is 1. The number of carbonyl (C=O) groups excluding carboxylic acids is 3. The molecule has 1 atom stereocenters. The van der Waals surface area contributed by atoms with Gasteiger partial charge in [0.2, 0.25) is 11.8 Å². The van der Waals surface area contributed by atoms with Crippen molar-refractivity contribution in [1.82, 2.24) is 15.1 Å². The summed E-state index contributed by atoms with van der Waals surface area (Å²) in [5.41, 5.74) is 11.7. The molecule has 16 heteroatoms. The average Bonchev–Trinajstić information content (AvgIpc) is 2.82. The molecule has 0 spiro atoms. The zero-order valence-electron chi connectivity index (χ0n) is 19.5. The van der Waals surface area contributed by atoms with E-state index in [9.17, 15) is 32.3 Å². The molecular weight excluding hydrogens is 505 g/mol. The van der Waals surface area contributed by atoms with Crippen molar-refractivity contribution in [2.75, 3.05) is 32.7 Å². The van der Waals surface area contributed by atoms with Crippen molar-refractivity contribution in [3.8, 4) is 0 Å². The maximum atomic E-state index is 12.7. The number of rotatable bonds is 9. The SMILES string of the molecule is N=C(N)c1ccc(C(=O)NCC(=O)N2CCN(CC(=O)O)C(=O)[C@@H]2CCCN)cc1.O=C(O)C(F)(F)F. The molecule has 204 valence electrons. The highest BCUT2D eigenvalue weighted by atomic mass is 19.4. The van der Waals surface area contributed by atoms with Crippen LogP contribution >= 0.6 is 0 Å². The number of alkyl halides is 3. The van der Waals surface area contributed by atoms with Crippen LogP contribution < -0.4 is 16.8 Å². The van der Waals surface area contributed by atoms with E-state index in [1.807, 2.05) is 0 Å². The van der Waals surface area contributed by atoms with Crippen molar-refractivity contribution in [2.24, 2.45) is 11.5 Å². The van der Waals surface area contributed by atoms with Gasteiger partial charge in [-0.05, 0) is 31.5 Å². The number of carboxylic acids is 2. The van der Waals surface area contributed by atoms with Gasteiger partial charge in [0.1, 0.15) is 18.4 Å². The quantitative estimate of drug-likeness (QED) is 0.173. The Balaban J connectivity index is 0.000000856. The zero-order valence-corrected chi connectivity index (χ0v) is 19.5. The predicted molar refractivity (Wildman–Crippen MR) is 121 cm³/mol. The number of benzene rings is 1. The Bertz CT molecular complexity index is 1020. The summed E-state index contributed by atoms with van der Waals surface area (Å²) in [6.45, 7) is -0.115. The van der Waals surface area contributed by atoms with E-state index in [1.54, 1.807) is 0 Å². The molecule has 0 aliphatic carbocycles. The van der Waals surface area contributed by atoms with Gasteiger partial charge < -0.3 is 36.8 Å². The summed E-state index contributed by atoms with van der Waals surface area (Å²) in [5.74, 6) is -5.35. The second-order valence-electron chi connectivity index (χ2n) is 7.66. The number of amidine groups is 1. The van der Waals surface area contributed by atoms with E-state index in [0.29, 0.717) is 30.5 Å². The Kier molecular flexibility index (Phi) is 11.5. The summed E-state index contributed by atoms with van der Waals surface area (Å²) < 4.78 is 31.7. The summed E-state index contributed by atoms with van der Waals surface area (Å²) in [7, 11) is 0. The highest BCUT2D eigenvalue weighted by Gasteiger charge is 2.38. The minimum absolute atomic E-state index is 0.108. The molecule has 3 amide bonds. The topological polar surface area (TPSA) is 220 Å². The van der Waals surface area contributed by atoms with Gasteiger partial charge in [0.25, 0.3) is 5.91 Å². The zero-order chi connectivity index (χ0) is 28.3. The lowest BCUT2D eigenvalue weighted by atomic mass is 10.0. The Morgan fingerprint density at radius 2 is 1.62 bits per heavy atom. The van der Waals surface area contributed by atoms with E-state index < -0.39 is 48.4 Å².